The van der Waals surface area contributed by atoms with Gasteiger partial charge in [0.15, 0.2) is 10.3 Å². The van der Waals surface area contributed by atoms with Crippen LogP contribution in [0.5, 0.6) is 0 Å². The Morgan fingerprint density at radius 2 is 2.00 bits per heavy atom. The standard InChI is InChI=1S/C8H8Cl2N2/c1-8(2-3-8)5-4-6(9)11-12-7(5)10/h4H,2-3H2,1H3. The third-order valence-electron chi connectivity index (χ3n) is 2.37. The summed E-state index contributed by atoms with van der Waals surface area (Å²) in [5.41, 5.74) is 1.24. The molecule has 1 aromatic rings. The average molecular weight is 203 g/mol. The molecule has 0 radical (unpaired) electrons. The van der Waals surface area contributed by atoms with Crippen molar-refractivity contribution < 1.29 is 0 Å². The molecule has 0 N–H and O–H groups in total. The van der Waals surface area contributed by atoms with Crippen molar-refractivity contribution in [1.82, 2.24) is 10.2 Å². The lowest BCUT2D eigenvalue weighted by Gasteiger charge is -2.08. The Labute approximate surface area is 80.9 Å². The average Bonchev–Trinajstić information content (AvgIpc) is 2.75. The lowest BCUT2D eigenvalue weighted by Crippen LogP contribution is -2.03. The molecule has 4 heteroatoms. The molecule has 64 valence electrons. The van der Waals surface area contributed by atoms with Gasteiger partial charge < -0.3 is 0 Å². The van der Waals surface area contributed by atoms with E-state index in [-0.39, 0.29) is 5.41 Å². The number of nitrogens with zero attached hydrogens (tertiary/aromatic N) is 2. The molecule has 0 saturated heterocycles. The molecule has 0 amide bonds. The molecular weight excluding hydrogens is 195 g/mol. The molecule has 1 fully saturated rings. The molecule has 1 aliphatic carbocycles. The first-order valence-corrected chi connectivity index (χ1v) is 4.57. The van der Waals surface area contributed by atoms with Crippen LogP contribution in [0.1, 0.15) is 25.3 Å². The molecule has 1 saturated carbocycles. The van der Waals surface area contributed by atoms with Crippen LogP contribution in [-0.4, -0.2) is 10.2 Å². The highest BCUT2D eigenvalue weighted by atomic mass is 35.5. The minimum atomic E-state index is 0.205. The second kappa shape index (κ2) is 2.57. The number of rotatable bonds is 1. The molecular formula is C8H8Cl2N2. The number of halogens is 2. The number of hydrogen-bond acceptors (Lipinski definition) is 2. The first-order chi connectivity index (χ1) is 5.62. The monoisotopic (exact) mass is 202 g/mol. The van der Waals surface area contributed by atoms with Crippen molar-refractivity contribution in [2.45, 2.75) is 25.2 Å². The molecule has 1 heterocycles. The van der Waals surface area contributed by atoms with Gasteiger partial charge >= 0.3 is 0 Å². The van der Waals surface area contributed by atoms with E-state index in [1.54, 1.807) is 0 Å². The van der Waals surface area contributed by atoms with Gasteiger partial charge in [0, 0.05) is 5.56 Å². The highest BCUT2D eigenvalue weighted by Crippen LogP contribution is 2.49. The van der Waals surface area contributed by atoms with Crippen LogP contribution >= 0.6 is 23.2 Å². The highest BCUT2D eigenvalue weighted by molar-refractivity contribution is 6.31. The molecule has 1 aliphatic rings. The van der Waals surface area contributed by atoms with Crippen LogP contribution < -0.4 is 0 Å². The van der Waals surface area contributed by atoms with E-state index < -0.39 is 0 Å². The van der Waals surface area contributed by atoms with Crippen molar-refractivity contribution in [1.29, 1.82) is 0 Å². The van der Waals surface area contributed by atoms with Crippen LogP contribution in [-0.2, 0) is 5.41 Å². The summed E-state index contributed by atoms with van der Waals surface area (Å²) in [6.45, 7) is 2.16. The van der Waals surface area contributed by atoms with E-state index in [0.29, 0.717) is 10.3 Å². The van der Waals surface area contributed by atoms with Crippen molar-refractivity contribution >= 4 is 23.2 Å². The van der Waals surface area contributed by atoms with Gasteiger partial charge in [-0.2, -0.15) is 0 Å². The second-order valence-electron chi connectivity index (χ2n) is 3.43. The Balaban J connectivity index is 2.48. The van der Waals surface area contributed by atoms with Gasteiger partial charge in [-0.25, -0.2) is 0 Å². The van der Waals surface area contributed by atoms with Crippen LogP contribution in [0.15, 0.2) is 6.07 Å². The van der Waals surface area contributed by atoms with Gasteiger partial charge in [-0.15, -0.1) is 10.2 Å². The van der Waals surface area contributed by atoms with Crippen LogP contribution in [0.2, 0.25) is 10.3 Å². The molecule has 12 heavy (non-hydrogen) atoms. The predicted molar refractivity (Wildman–Crippen MR) is 48.6 cm³/mol. The zero-order valence-corrected chi connectivity index (χ0v) is 8.15. The van der Waals surface area contributed by atoms with Crippen molar-refractivity contribution in [2.75, 3.05) is 0 Å². The Morgan fingerprint density at radius 3 is 2.58 bits per heavy atom. The molecule has 2 rings (SSSR count). The fraction of sp³-hybridized carbons (Fsp3) is 0.500. The Bertz CT molecular complexity index is 321. The van der Waals surface area contributed by atoms with Crippen LogP contribution in [0.4, 0.5) is 0 Å². The minimum Gasteiger partial charge on any atom is -0.137 e. The van der Waals surface area contributed by atoms with Gasteiger partial charge in [0.25, 0.3) is 0 Å². The zero-order chi connectivity index (χ0) is 8.77. The SMILES string of the molecule is CC1(c2cc(Cl)nnc2Cl)CC1. The van der Waals surface area contributed by atoms with Gasteiger partial charge in [-0.3, -0.25) is 0 Å². The summed E-state index contributed by atoms with van der Waals surface area (Å²) < 4.78 is 0. The lowest BCUT2D eigenvalue weighted by molar-refractivity contribution is 0.772. The van der Waals surface area contributed by atoms with Gasteiger partial charge in [-0.05, 0) is 24.3 Å². The largest absolute Gasteiger partial charge is 0.155 e. The topological polar surface area (TPSA) is 25.8 Å². The van der Waals surface area contributed by atoms with E-state index in [4.69, 9.17) is 23.2 Å². The summed E-state index contributed by atoms with van der Waals surface area (Å²) >= 11 is 11.6. The summed E-state index contributed by atoms with van der Waals surface area (Å²) in [7, 11) is 0. The quantitative estimate of drug-likeness (QED) is 0.701. The van der Waals surface area contributed by atoms with Gasteiger partial charge in [0.05, 0.1) is 0 Å². The Hall–Kier alpha value is -0.340. The summed E-state index contributed by atoms with van der Waals surface area (Å²) in [5.74, 6) is 0. The molecule has 0 bridgehead atoms. The molecule has 0 aromatic carbocycles. The van der Waals surface area contributed by atoms with Crippen LogP contribution in [0.25, 0.3) is 0 Å². The third kappa shape index (κ3) is 1.29. The summed E-state index contributed by atoms with van der Waals surface area (Å²) in [4.78, 5) is 0. The maximum Gasteiger partial charge on any atom is 0.155 e. The first kappa shape index (κ1) is 8.27. The normalized spacial score (nSPS) is 19.2. The summed E-state index contributed by atoms with van der Waals surface area (Å²) in [6, 6.07) is 1.81. The lowest BCUT2D eigenvalue weighted by atomic mass is 10.0. The Morgan fingerprint density at radius 1 is 1.33 bits per heavy atom. The predicted octanol–water partition coefficient (Wildman–Crippen LogP) is 2.83. The molecule has 1 aromatic heterocycles. The fourth-order valence-corrected chi connectivity index (χ4v) is 1.70. The summed E-state index contributed by atoms with van der Waals surface area (Å²) in [6.07, 6.45) is 2.32. The van der Waals surface area contributed by atoms with Crippen molar-refractivity contribution in [3.05, 3.63) is 21.9 Å². The minimum absolute atomic E-state index is 0.205. The van der Waals surface area contributed by atoms with E-state index in [2.05, 4.69) is 17.1 Å². The molecule has 0 unspecified atom stereocenters. The Kier molecular flexibility index (Phi) is 1.77. The zero-order valence-electron chi connectivity index (χ0n) is 6.64. The van der Waals surface area contributed by atoms with E-state index in [9.17, 15) is 0 Å². The van der Waals surface area contributed by atoms with Crippen LogP contribution in [0.3, 0.4) is 0 Å². The number of aromatic nitrogens is 2. The van der Waals surface area contributed by atoms with Crippen molar-refractivity contribution in [3.63, 3.8) is 0 Å². The fourth-order valence-electron chi connectivity index (χ4n) is 1.23. The van der Waals surface area contributed by atoms with Crippen molar-refractivity contribution in [2.24, 2.45) is 0 Å². The van der Waals surface area contributed by atoms with Gasteiger partial charge in [-0.1, -0.05) is 30.1 Å². The molecule has 0 atom stereocenters. The van der Waals surface area contributed by atoms with Crippen molar-refractivity contribution in [3.8, 4) is 0 Å². The third-order valence-corrected chi connectivity index (χ3v) is 2.83. The maximum atomic E-state index is 5.89. The van der Waals surface area contributed by atoms with Crippen LogP contribution in [0, 0.1) is 0 Å². The second-order valence-corrected chi connectivity index (χ2v) is 4.18. The maximum absolute atomic E-state index is 5.89. The first-order valence-electron chi connectivity index (χ1n) is 3.81. The van der Waals surface area contributed by atoms with E-state index in [0.717, 1.165) is 18.4 Å². The number of hydrogen-bond donors (Lipinski definition) is 0. The highest BCUT2D eigenvalue weighted by Gasteiger charge is 2.41. The molecule has 2 nitrogen and oxygen atoms in total. The smallest absolute Gasteiger partial charge is 0.137 e. The van der Waals surface area contributed by atoms with E-state index in [1.807, 2.05) is 6.07 Å². The van der Waals surface area contributed by atoms with Gasteiger partial charge in [0.1, 0.15) is 0 Å². The molecule has 0 aliphatic heterocycles. The van der Waals surface area contributed by atoms with Gasteiger partial charge in [0.2, 0.25) is 0 Å². The summed E-state index contributed by atoms with van der Waals surface area (Å²) in [5, 5.41) is 8.34. The van der Waals surface area contributed by atoms with E-state index >= 15 is 0 Å². The van der Waals surface area contributed by atoms with E-state index in [1.165, 1.54) is 0 Å². The molecule has 0 spiro atoms.